The predicted octanol–water partition coefficient (Wildman–Crippen LogP) is 1.63. The number of fused-ring (bicyclic) bond motifs is 3. The summed E-state index contributed by atoms with van der Waals surface area (Å²) < 4.78 is 0. The smallest absolute Gasteiger partial charge is 0.124 e. The molecule has 2 aromatic rings. The Morgan fingerprint density at radius 3 is 2.86 bits per heavy atom. The van der Waals surface area contributed by atoms with Crippen molar-refractivity contribution in [3.05, 3.63) is 41.6 Å². The topological polar surface area (TPSA) is 51.8 Å². The van der Waals surface area contributed by atoms with Gasteiger partial charge in [-0.05, 0) is 23.3 Å². The first-order valence-electron chi connectivity index (χ1n) is 4.54. The molecule has 0 unspecified atom stereocenters. The summed E-state index contributed by atoms with van der Waals surface area (Å²) in [6, 6.07) is 7.90. The molecule has 0 aliphatic heterocycles. The molecule has 2 aromatic heterocycles. The largest absolute Gasteiger partial charge is 0.384 e. The van der Waals surface area contributed by atoms with Crippen molar-refractivity contribution in [3.8, 4) is 11.4 Å². The van der Waals surface area contributed by atoms with Crippen LogP contribution >= 0.6 is 0 Å². The van der Waals surface area contributed by atoms with Crippen LogP contribution in [0, 0.1) is 0 Å². The monoisotopic (exact) mass is 183 g/mol. The number of hydrogen-bond donors (Lipinski definition) is 1. The SMILES string of the molecule is Nc1ccc2c(n1)-c1ncccc1C2. The maximum absolute atomic E-state index is 5.65. The van der Waals surface area contributed by atoms with Crippen LogP contribution in [0.5, 0.6) is 0 Å². The molecule has 0 amide bonds. The maximum atomic E-state index is 5.65. The van der Waals surface area contributed by atoms with Gasteiger partial charge in [-0.25, -0.2) is 4.98 Å². The highest BCUT2D eigenvalue weighted by atomic mass is 14.9. The van der Waals surface area contributed by atoms with Crippen LogP contribution in [0.1, 0.15) is 11.1 Å². The molecule has 0 saturated heterocycles. The normalized spacial score (nSPS) is 12.3. The Morgan fingerprint density at radius 1 is 1.07 bits per heavy atom. The number of nitrogens with zero attached hydrogens (tertiary/aromatic N) is 2. The lowest BCUT2D eigenvalue weighted by atomic mass is 10.2. The average Bonchev–Trinajstić information content (AvgIpc) is 2.56. The van der Waals surface area contributed by atoms with Crippen LogP contribution in [0.2, 0.25) is 0 Å². The van der Waals surface area contributed by atoms with Gasteiger partial charge in [-0.15, -0.1) is 0 Å². The molecule has 1 aliphatic carbocycles. The predicted molar refractivity (Wildman–Crippen MR) is 54.7 cm³/mol. The van der Waals surface area contributed by atoms with Crippen LogP contribution < -0.4 is 5.73 Å². The third kappa shape index (κ3) is 0.923. The molecule has 0 spiro atoms. The highest BCUT2D eigenvalue weighted by molar-refractivity contribution is 5.70. The van der Waals surface area contributed by atoms with Gasteiger partial charge in [0, 0.05) is 12.6 Å². The van der Waals surface area contributed by atoms with Crippen LogP contribution in [0.25, 0.3) is 11.4 Å². The van der Waals surface area contributed by atoms with E-state index in [4.69, 9.17) is 5.73 Å². The third-order valence-corrected chi connectivity index (χ3v) is 2.50. The van der Waals surface area contributed by atoms with Gasteiger partial charge in [-0.3, -0.25) is 4.98 Å². The number of nitrogen functional groups attached to an aromatic ring is 1. The van der Waals surface area contributed by atoms with Crippen molar-refractivity contribution < 1.29 is 0 Å². The third-order valence-electron chi connectivity index (χ3n) is 2.50. The molecule has 2 N–H and O–H groups in total. The lowest BCUT2D eigenvalue weighted by Crippen LogP contribution is -1.93. The average molecular weight is 183 g/mol. The van der Waals surface area contributed by atoms with E-state index < -0.39 is 0 Å². The van der Waals surface area contributed by atoms with Crippen molar-refractivity contribution in [2.45, 2.75) is 6.42 Å². The number of anilines is 1. The molecule has 3 nitrogen and oxygen atoms in total. The standard InChI is InChI=1S/C11H9N3/c12-9-4-3-8-6-7-2-1-5-13-10(7)11(8)14-9/h1-5H,6H2,(H2,12,14). The molecule has 1 aliphatic rings. The molecule has 3 rings (SSSR count). The van der Waals surface area contributed by atoms with Gasteiger partial charge in [0.25, 0.3) is 0 Å². The number of pyridine rings is 2. The molecule has 0 aromatic carbocycles. The van der Waals surface area contributed by atoms with Gasteiger partial charge in [0.05, 0.1) is 11.4 Å². The molecular weight excluding hydrogens is 174 g/mol. The van der Waals surface area contributed by atoms with E-state index in [1.807, 2.05) is 18.2 Å². The van der Waals surface area contributed by atoms with E-state index in [0.717, 1.165) is 17.8 Å². The van der Waals surface area contributed by atoms with Crippen molar-refractivity contribution in [1.29, 1.82) is 0 Å². The molecule has 0 radical (unpaired) electrons. The zero-order valence-corrected chi connectivity index (χ0v) is 7.57. The van der Waals surface area contributed by atoms with Gasteiger partial charge in [0.1, 0.15) is 5.82 Å². The van der Waals surface area contributed by atoms with Gasteiger partial charge >= 0.3 is 0 Å². The molecule has 0 bridgehead atoms. The van der Waals surface area contributed by atoms with Crippen LogP contribution in [0.4, 0.5) is 5.82 Å². The minimum atomic E-state index is 0.558. The van der Waals surface area contributed by atoms with Crippen LogP contribution in [0.15, 0.2) is 30.5 Å². The minimum absolute atomic E-state index is 0.558. The molecule has 0 saturated carbocycles. The summed E-state index contributed by atoms with van der Waals surface area (Å²) in [4.78, 5) is 8.63. The van der Waals surface area contributed by atoms with Crippen molar-refractivity contribution in [2.75, 3.05) is 5.73 Å². The first-order chi connectivity index (χ1) is 6.84. The number of aromatic nitrogens is 2. The van der Waals surface area contributed by atoms with Gasteiger partial charge in [0.2, 0.25) is 0 Å². The zero-order valence-electron chi connectivity index (χ0n) is 7.57. The fourth-order valence-electron chi connectivity index (χ4n) is 1.85. The summed E-state index contributed by atoms with van der Waals surface area (Å²) in [5, 5.41) is 0. The molecule has 14 heavy (non-hydrogen) atoms. The van der Waals surface area contributed by atoms with E-state index in [2.05, 4.69) is 16.0 Å². The highest BCUT2D eigenvalue weighted by Crippen LogP contribution is 2.33. The van der Waals surface area contributed by atoms with Gasteiger partial charge in [-0.2, -0.15) is 0 Å². The number of rotatable bonds is 0. The summed E-state index contributed by atoms with van der Waals surface area (Å²) >= 11 is 0. The van der Waals surface area contributed by atoms with Crippen molar-refractivity contribution in [2.24, 2.45) is 0 Å². The Balaban J connectivity index is 2.30. The first kappa shape index (κ1) is 7.50. The highest BCUT2D eigenvalue weighted by Gasteiger charge is 2.20. The van der Waals surface area contributed by atoms with Crippen molar-refractivity contribution >= 4 is 5.82 Å². The first-order valence-corrected chi connectivity index (χ1v) is 4.54. The lowest BCUT2D eigenvalue weighted by Gasteiger charge is -1.99. The molecule has 0 fully saturated rings. The Hall–Kier alpha value is -1.90. The lowest BCUT2D eigenvalue weighted by molar-refractivity contribution is 1.23. The van der Waals surface area contributed by atoms with Gasteiger partial charge in [0.15, 0.2) is 0 Å². The van der Waals surface area contributed by atoms with Crippen LogP contribution in [0.3, 0.4) is 0 Å². The van der Waals surface area contributed by atoms with Crippen LogP contribution in [-0.2, 0) is 6.42 Å². The van der Waals surface area contributed by atoms with E-state index in [1.165, 1.54) is 11.1 Å². The fourth-order valence-corrected chi connectivity index (χ4v) is 1.85. The summed E-state index contributed by atoms with van der Waals surface area (Å²) in [5.41, 5.74) is 10.0. The second-order valence-electron chi connectivity index (χ2n) is 3.43. The quantitative estimate of drug-likeness (QED) is 0.576. The number of hydrogen-bond acceptors (Lipinski definition) is 3. The maximum Gasteiger partial charge on any atom is 0.124 e. The fraction of sp³-hybridized carbons (Fsp3) is 0.0909. The molecular formula is C11H9N3. The number of nitrogens with two attached hydrogens (primary N) is 1. The second kappa shape index (κ2) is 2.54. The molecule has 2 heterocycles. The van der Waals surface area contributed by atoms with E-state index >= 15 is 0 Å². The second-order valence-corrected chi connectivity index (χ2v) is 3.43. The van der Waals surface area contributed by atoms with E-state index in [9.17, 15) is 0 Å². The van der Waals surface area contributed by atoms with E-state index in [1.54, 1.807) is 6.20 Å². The summed E-state index contributed by atoms with van der Waals surface area (Å²) in [6.45, 7) is 0. The van der Waals surface area contributed by atoms with Crippen LogP contribution in [-0.4, -0.2) is 9.97 Å². The van der Waals surface area contributed by atoms with Crippen molar-refractivity contribution in [3.63, 3.8) is 0 Å². The van der Waals surface area contributed by atoms with Crippen molar-refractivity contribution in [1.82, 2.24) is 9.97 Å². The Kier molecular flexibility index (Phi) is 1.36. The molecule has 68 valence electrons. The Morgan fingerprint density at radius 2 is 1.93 bits per heavy atom. The van der Waals surface area contributed by atoms with E-state index in [0.29, 0.717) is 5.82 Å². The van der Waals surface area contributed by atoms with E-state index in [-0.39, 0.29) is 0 Å². The summed E-state index contributed by atoms with van der Waals surface area (Å²) in [6.07, 6.45) is 2.71. The molecule has 0 atom stereocenters. The van der Waals surface area contributed by atoms with Gasteiger partial charge in [-0.1, -0.05) is 12.1 Å². The molecule has 3 heteroatoms. The summed E-state index contributed by atoms with van der Waals surface area (Å²) in [5.74, 6) is 0.558. The minimum Gasteiger partial charge on any atom is -0.384 e. The van der Waals surface area contributed by atoms with Gasteiger partial charge < -0.3 is 5.73 Å². The Labute approximate surface area is 81.6 Å². The Bertz CT molecular complexity index is 506. The zero-order chi connectivity index (χ0) is 9.54. The summed E-state index contributed by atoms with van der Waals surface area (Å²) in [7, 11) is 0.